The topological polar surface area (TPSA) is 34.2 Å². The van der Waals surface area contributed by atoms with Crippen molar-refractivity contribution in [3.8, 4) is 0 Å². The van der Waals surface area contributed by atoms with E-state index in [1.54, 1.807) is 0 Å². The van der Waals surface area contributed by atoms with Crippen LogP contribution in [0.4, 0.5) is 0 Å². The molecule has 1 aliphatic heterocycles. The van der Waals surface area contributed by atoms with Crippen LogP contribution >= 0.6 is 11.3 Å². The van der Waals surface area contributed by atoms with Crippen LogP contribution in [0.3, 0.4) is 0 Å². The van der Waals surface area contributed by atoms with Gasteiger partial charge in [-0.2, -0.15) is 0 Å². The van der Waals surface area contributed by atoms with E-state index in [2.05, 4.69) is 26.1 Å². The van der Waals surface area contributed by atoms with Crippen LogP contribution in [0.15, 0.2) is 0 Å². The summed E-state index contributed by atoms with van der Waals surface area (Å²) in [5, 5.41) is 4.44. The predicted octanol–water partition coefficient (Wildman–Crippen LogP) is 2.49. The molecule has 1 aromatic heterocycles. The van der Waals surface area contributed by atoms with Crippen molar-refractivity contribution in [2.24, 2.45) is 0 Å². The number of rotatable bonds is 3. The number of nitrogens with one attached hydrogen (secondary N) is 1. The molecule has 3 atom stereocenters. The fraction of sp³-hybridized carbons (Fsp3) is 0.750. The molecule has 2 heterocycles. The molecule has 1 aromatic rings. The van der Waals surface area contributed by atoms with Gasteiger partial charge in [0.1, 0.15) is 0 Å². The molecule has 2 rings (SSSR count). The summed E-state index contributed by atoms with van der Waals surface area (Å²) in [7, 11) is 1.98. The van der Waals surface area contributed by atoms with Crippen LogP contribution in [0.25, 0.3) is 0 Å². The van der Waals surface area contributed by atoms with Gasteiger partial charge in [0.05, 0.1) is 27.8 Å². The first-order valence-electron chi connectivity index (χ1n) is 5.91. The Bertz CT molecular complexity index is 364. The molecule has 16 heavy (non-hydrogen) atoms. The minimum atomic E-state index is 0.215. The normalized spacial score (nSPS) is 26.5. The van der Waals surface area contributed by atoms with Crippen LogP contribution in [-0.4, -0.2) is 24.7 Å². The van der Waals surface area contributed by atoms with Gasteiger partial charge in [0.15, 0.2) is 0 Å². The Balaban J connectivity index is 2.22. The quantitative estimate of drug-likeness (QED) is 0.881. The molecule has 0 aliphatic carbocycles. The van der Waals surface area contributed by atoms with Crippen molar-refractivity contribution in [1.82, 2.24) is 10.3 Å². The number of ether oxygens (including phenoxy) is 1. The number of aromatic nitrogens is 1. The van der Waals surface area contributed by atoms with E-state index in [1.165, 1.54) is 15.6 Å². The van der Waals surface area contributed by atoms with E-state index < -0.39 is 0 Å². The van der Waals surface area contributed by atoms with Gasteiger partial charge in [-0.05, 0) is 20.9 Å². The zero-order valence-electron chi connectivity index (χ0n) is 10.4. The van der Waals surface area contributed by atoms with Crippen molar-refractivity contribution in [1.29, 1.82) is 0 Å². The van der Waals surface area contributed by atoms with E-state index in [9.17, 15) is 0 Å². The fourth-order valence-electron chi connectivity index (χ4n) is 2.18. The van der Waals surface area contributed by atoms with Crippen LogP contribution in [0.5, 0.6) is 0 Å². The number of hydrogen-bond acceptors (Lipinski definition) is 4. The number of hydrogen-bond donors (Lipinski definition) is 1. The van der Waals surface area contributed by atoms with Crippen molar-refractivity contribution in [3.05, 3.63) is 15.6 Å². The first-order chi connectivity index (χ1) is 7.61. The van der Waals surface area contributed by atoms with Gasteiger partial charge in [-0.3, -0.25) is 0 Å². The van der Waals surface area contributed by atoms with Crippen molar-refractivity contribution >= 4 is 11.3 Å². The minimum absolute atomic E-state index is 0.215. The second-order valence-electron chi connectivity index (χ2n) is 4.61. The average molecular weight is 240 g/mol. The van der Waals surface area contributed by atoms with Crippen LogP contribution in [0.2, 0.25) is 0 Å². The molecule has 0 aromatic carbocycles. The first kappa shape index (κ1) is 12.0. The average Bonchev–Trinajstić information content (AvgIpc) is 2.62. The summed E-state index contributed by atoms with van der Waals surface area (Å²) in [6.45, 7) is 7.45. The molecule has 1 aliphatic rings. The zero-order valence-corrected chi connectivity index (χ0v) is 11.2. The van der Waals surface area contributed by atoms with Crippen LogP contribution < -0.4 is 5.32 Å². The highest BCUT2D eigenvalue weighted by Crippen LogP contribution is 2.36. The summed E-state index contributed by atoms with van der Waals surface area (Å²) < 4.78 is 5.82. The number of likely N-dealkylation sites (N-methyl/N-ethyl adjacent to an activating group) is 1. The molecule has 0 saturated heterocycles. The van der Waals surface area contributed by atoms with Crippen LogP contribution in [0, 0.1) is 0 Å². The highest BCUT2D eigenvalue weighted by atomic mass is 32.1. The largest absolute Gasteiger partial charge is 0.370 e. The lowest BCUT2D eigenvalue weighted by Crippen LogP contribution is -2.21. The van der Waals surface area contributed by atoms with Crippen LogP contribution in [0.1, 0.15) is 48.4 Å². The van der Waals surface area contributed by atoms with Crippen molar-refractivity contribution in [2.75, 3.05) is 13.6 Å². The number of nitrogens with zero attached hydrogens (tertiary/aromatic N) is 1. The standard InChI is InChI=1S/C12H20N2OS/c1-7(6-13-4)12-14-10-5-8(2)15-9(3)11(10)16-12/h7-9,13H,5-6H2,1-4H3. The molecular formula is C12H20N2OS. The lowest BCUT2D eigenvalue weighted by molar-refractivity contribution is -0.00318. The summed E-state index contributed by atoms with van der Waals surface area (Å²) in [4.78, 5) is 6.10. The summed E-state index contributed by atoms with van der Waals surface area (Å²) in [5.41, 5.74) is 1.26. The lowest BCUT2D eigenvalue weighted by atomic mass is 10.1. The third kappa shape index (κ3) is 2.29. The van der Waals surface area contributed by atoms with Gasteiger partial charge in [0.2, 0.25) is 0 Å². The van der Waals surface area contributed by atoms with Gasteiger partial charge >= 0.3 is 0 Å². The third-order valence-electron chi connectivity index (χ3n) is 2.96. The van der Waals surface area contributed by atoms with Crippen LogP contribution in [-0.2, 0) is 11.2 Å². The maximum absolute atomic E-state index is 5.82. The summed E-state index contributed by atoms with van der Waals surface area (Å²) in [6, 6.07) is 0. The Morgan fingerprint density at radius 3 is 3.00 bits per heavy atom. The first-order valence-corrected chi connectivity index (χ1v) is 6.73. The minimum Gasteiger partial charge on any atom is -0.370 e. The molecule has 90 valence electrons. The highest BCUT2D eigenvalue weighted by Gasteiger charge is 2.26. The smallest absolute Gasteiger partial charge is 0.0972 e. The van der Waals surface area contributed by atoms with E-state index in [-0.39, 0.29) is 6.10 Å². The van der Waals surface area contributed by atoms with Crippen molar-refractivity contribution in [3.63, 3.8) is 0 Å². The van der Waals surface area contributed by atoms with E-state index in [0.29, 0.717) is 12.0 Å². The fourth-order valence-corrected chi connectivity index (χ4v) is 3.32. The Kier molecular flexibility index (Phi) is 3.62. The monoisotopic (exact) mass is 240 g/mol. The molecule has 0 fully saturated rings. The molecule has 0 radical (unpaired) electrons. The maximum Gasteiger partial charge on any atom is 0.0972 e. The van der Waals surface area contributed by atoms with Gasteiger partial charge < -0.3 is 10.1 Å². The maximum atomic E-state index is 5.82. The van der Waals surface area contributed by atoms with Gasteiger partial charge in [0, 0.05) is 18.9 Å². The van der Waals surface area contributed by atoms with Crippen molar-refractivity contribution < 1.29 is 4.74 Å². The van der Waals surface area contributed by atoms with Gasteiger partial charge in [-0.15, -0.1) is 11.3 Å². The second kappa shape index (κ2) is 4.82. The molecule has 1 N–H and O–H groups in total. The summed E-state index contributed by atoms with van der Waals surface area (Å²) >= 11 is 1.82. The molecule has 0 saturated carbocycles. The Morgan fingerprint density at radius 2 is 2.31 bits per heavy atom. The van der Waals surface area contributed by atoms with E-state index >= 15 is 0 Å². The van der Waals surface area contributed by atoms with E-state index in [4.69, 9.17) is 9.72 Å². The predicted molar refractivity (Wildman–Crippen MR) is 67.1 cm³/mol. The molecule has 3 unspecified atom stereocenters. The molecule has 0 amide bonds. The Morgan fingerprint density at radius 1 is 1.56 bits per heavy atom. The summed E-state index contributed by atoms with van der Waals surface area (Å²) in [5.74, 6) is 0.489. The number of fused-ring (bicyclic) bond motifs is 1. The molecule has 0 spiro atoms. The third-order valence-corrected chi connectivity index (χ3v) is 4.45. The van der Waals surface area contributed by atoms with Crippen molar-refractivity contribution in [2.45, 2.75) is 45.3 Å². The Labute approximate surface area is 101 Å². The number of thiazole rings is 1. The van der Waals surface area contributed by atoms with E-state index in [0.717, 1.165) is 13.0 Å². The molecule has 4 heteroatoms. The summed E-state index contributed by atoms with van der Waals surface area (Å²) in [6.07, 6.45) is 1.48. The highest BCUT2D eigenvalue weighted by molar-refractivity contribution is 7.11. The lowest BCUT2D eigenvalue weighted by Gasteiger charge is -2.23. The van der Waals surface area contributed by atoms with Gasteiger partial charge in [0.25, 0.3) is 0 Å². The Hall–Kier alpha value is -0.450. The second-order valence-corrected chi connectivity index (χ2v) is 5.68. The zero-order chi connectivity index (χ0) is 11.7. The van der Waals surface area contributed by atoms with Gasteiger partial charge in [-0.1, -0.05) is 6.92 Å². The van der Waals surface area contributed by atoms with E-state index in [1.807, 2.05) is 18.4 Å². The molecule has 3 nitrogen and oxygen atoms in total. The molecular weight excluding hydrogens is 220 g/mol. The SMILES string of the molecule is CNCC(C)c1nc2c(s1)C(C)OC(C)C2. The van der Waals surface area contributed by atoms with Gasteiger partial charge in [-0.25, -0.2) is 4.98 Å². The molecule has 0 bridgehead atoms.